The van der Waals surface area contributed by atoms with Crippen LogP contribution in [0.25, 0.3) is 16.5 Å². The molecule has 2 aromatic heterocycles. The molecule has 186 valence electrons. The predicted octanol–water partition coefficient (Wildman–Crippen LogP) is 5.24. The second-order valence-electron chi connectivity index (χ2n) is 8.99. The molecule has 1 amide bonds. The standard InChI is InChI=1S/C28H34FN3O3/c1-7-10-25(33)20(16(4)8-2)11-17(5)19(9-3)21-12-18-15-30-26(14-24(18)32(6)28(21)35)31-27(34)22-13-23(22)29/h7,9-12,14-15,22-23,25,33H,8,13H2,1-6H3,(H,30,31,34)/b10-7-,17-11-,19-9+,20-16-/t22-,23?,25?/m0/s1. The third-order valence-electron chi connectivity index (χ3n) is 6.50. The van der Waals surface area contributed by atoms with Gasteiger partial charge in [0.25, 0.3) is 5.56 Å². The average Bonchev–Trinajstić information content (AvgIpc) is 3.57. The molecule has 1 saturated carbocycles. The van der Waals surface area contributed by atoms with Crippen LogP contribution in [0.1, 0.15) is 53.0 Å². The van der Waals surface area contributed by atoms with Crippen LogP contribution in [0.4, 0.5) is 10.2 Å². The summed E-state index contributed by atoms with van der Waals surface area (Å²) in [6, 6.07) is 3.42. The molecule has 2 aromatic rings. The van der Waals surface area contributed by atoms with Crippen molar-refractivity contribution in [1.82, 2.24) is 9.55 Å². The molecule has 7 heteroatoms. The van der Waals surface area contributed by atoms with E-state index in [0.29, 0.717) is 11.1 Å². The minimum atomic E-state index is -1.09. The molecule has 2 N–H and O–H groups in total. The van der Waals surface area contributed by atoms with Gasteiger partial charge in [-0.25, -0.2) is 9.37 Å². The van der Waals surface area contributed by atoms with Crippen LogP contribution in [0.5, 0.6) is 0 Å². The zero-order chi connectivity index (χ0) is 25.9. The van der Waals surface area contributed by atoms with Gasteiger partial charge < -0.3 is 15.0 Å². The van der Waals surface area contributed by atoms with Gasteiger partial charge >= 0.3 is 0 Å². The lowest BCUT2D eigenvalue weighted by atomic mass is 9.93. The van der Waals surface area contributed by atoms with E-state index in [1.54, 1.807) is 31.5 Å². The van der Waals surface area contributed by atoms with Gasteiger partial charge in [-0.05, 0) is 63.3 Å². The number of hydrogen-bond donors (Lipinski definition) is 2. The van der Waals surface area contributed by atoms with Crippen LogP contribution in [0.3, 0.4) is 0 Å². The zero-order valence-corrected chi connectivity index (χ0v) is 21.2. The summed E-state index contributed by atoms with van der Waals surface area (Å²) >= 11 is 0. The molecular weight excluding hydrogens is 445 g/mol. The number of aryl methyl sites for hydroxylation is 1. The van der Waals surface area contributed by atoms with Crippen molar-refractivity contribution < 1.29 is 14.3 Å². The number of amides is 1. The molecule has 3 atom stereocenters. The molecule has 0 aliphatic heterocycles. The first kappa shape index (κ1) is 26.3. The number of anilines is 1. The lowest BCUT2D eigenvalue weighted by molar-refractivity contribution is -0.117. The number of rotatable bonds is 8. The molecule has 0 spiro atoms. The molecule has 2 unspecified atom stereocenters. The minimum absolute atomic E-state index is 0.195. The van der Waals surface area contributed by atoms with Gasteiger partial charge in [0.1, 0.15) is 12.0 Å². The fourth-order valence-corrected chi connectivity index (χ4v) is 4.14. The van der Waals surface area contributed by atoms with E-state index < -0.39 is 24.1 Å². The highest BCUT2D eigenvalue weighted by Gasteiger charge is 2.43. The fraction of sp³-hybridized carbons (Fsp3) is 0.393. The highest BCUT2D eigenvalue weighted by Crippen LogP contribution is 2.34. The van der Waals surface area contributed by atoms with Gasteiger partial charge in [-0.3, -0.25) is 9.59 Å². The summed E-state index contributed by atoms with van der Waals surface area (Å²) in [5.74, 6) is -0.726. The number of halogens is 1. The number of pyridine rings is 2. The van der Waals surface area contributed by atoms with Crippen molar-refractivity contribution in [3.05, 3.63) is 75.3 Å². The number of aliphatic hydroxyl groups excluding tert-OH is 1. The number of fused-ring (bicyclic) bond motifs is 1. The van der Waals surface area contributed by atoms with Crippen LogP contribution in [0, 0.1) is 5.92 Å². The average molecular weight is 480 g/mol. The van der Waals surface area contributed by atoms with Gasteiger partial charge in [0.2, 0.25) is 5.91 Å². The first-order valence-electron chi connectivity index (χ1n) is 11.9. The van der Waals surface area contributed by atoms with Gasteiger partial charge in [-0.2, -0.15) is 0 Å². The van der Waals surface area contributed by atoms with Crippen LogP contribution >= 0.6 is 0 Å². The number of alkyl halides is 1. The van der Waals surface area contributed by atoms with E-state index in [9.17, 15) is 19.1 Å². The van der Waals surface area contributed by atoms with E-state index in [4.69, 9.17) is 0 Å². The Hall–Kier alpha value is -3.32. The Labute approximate surface area is 205 Å². The topological polar surface area (TPSA) is 84.2 Å². The van der Waals surface area contributed by atoms with Crippen LogP contribution in [0.2, 0.25) is 0 Å². The molecule has 3 rings (SSSR count). The molecule has 1 fully saturated rings. The van der Waals surface area contributed by atoms with Crippen molar-refractivity contribution in [2.45, 2.75) is 59.7 Å². The summed E-state index contributed by atoms with van der Waals surface area (Å²) < 4.78 is 14.7. The lowest BCUT2D eigenvalue weighted by Crippen LogP contribution is -2.22. The summed E-state index contributed by atoms with van der Waals surface area (Å²) in [6.07, 6.45) is 8.20. The maximum atomic E-state index is 13.4. The Kier molecular flexibility index (Phi) is 8.22. The van der Waals surface area contributed by atoms with Crippen molar-refractivity contribution in [3.63, 3.8) is 0 Å². The highest BCUT2D eigenvalue weighted by molar-refractivity contribution is 5.96. The predicted molar refractivity (Wildman–Crippen MR) is 140 cm³/mol. The van der Waals surface area contributed by atoms with E-state index >= 15 is 0 Å². The van der Waals surface area contributed by atoms with E-state index in [1.165, 1.54) is 4.57 Å². The number of carbonyl (C=O) groups excluding carboxylic acids is 1. The Morgan fingerprint density at radius 2 is 2.03 bits per heavy atom. The molecule has 2 heterocycles. The zero-order valence-electron chi connectivity index (χ0n) is 21.2. The largest absolute Gasteiger partial charge is 0.384 e. The monoisotopic (exact) mass is 479 g/mol. The molecule has 0 saturated heterocycles. The summed E-state index contributed by atoms with van der Waals surface area (Å²) in [6.45, 7) is 9.71. The van der Waals surface area contributed by atoms with Crippen molar-refractivity contribution in [3.8, 4) is 0 Å². The maximum absolute atomic E-state index is 13.4. The Morgan fingerprint density at radius 1 is 1.34 bits per heavy atom. The lowest BCUT2D eigenvalue weighted by Gasteiger charge is -2.16. The third kappa shape index (κ3) is 5.68. The maximum Gasteiger partial charge on any atom is 0.258 e. The Bertz CT molecular complexity index is 1320. The summed E-state index contributed by atoms with van der Waals surface area (Å²) in [7, 11) is 1.67. The molecule has 1 aliphatic carbocycles. The Balaban J connectivity index is 2.03. The second kappa shape index (κ2) is 11.0. The second-order valence-corrected chi connectivity index (χ2v) is 8.99. The van der Waals surface area contributed by atoms with E-state index in [-0.39, 0.29) is 17.8 Å². The minimum Gasteiger partial charge on any atom is -0.384 e. The number of nitrogens with one attached hydrogen (secondary N) is 1. The number of aliphatic hydroxyl groups is 1. The molecule has 0 bridgehead atoms. The van der Waals surface area contributed by atoms with Crippen LogP contribution in [-0.4, -0.2) is 32.8 Å². The smallest absolute Gasteiger partial charge is 0.258 e. The van der Waals surface area contributed by atoms with Crippen molar-refractivity contribution in [1.29, 1.82) is 0 Å². The summed E-state index contributed by atoms with van der Waals surface area (Å²) in [5, 5.41) is 14.0. The third-order valence-corrected chi connectivity index (χ3v) is 6.50. The quantitative estimate of drug-likeness (QED) is 0.400. The van der Waals surface area contributed by atoms with Gasteiger partial charge in [-0.1, -0.05) is 36.8 Å². The number of hydrogen-bond acceptors (Lipinski definition) is 4. The van der Waals surface area contributed by atoms with Gasteiger partial charge in [0.05, 0.1) is 17.5 Å². The molecule has 0 radical (unpaired) electrons. The number of aromatic nitrogens is 2. The number of nitrogens with zero attached hydrogens (tertiary/aromatic N) is 2. The van der Waals surface area contributed by atoms with Crippen molar-refractivity contribution in [2.24, 2.45) is 13.0 Å². The number of allylic oxidation sites excluding steroid dienone is 5. The van der Waals surface area contributed by atoms with E-state index in [1.807, 2.05) is 52.8 Å². The molecule has 1 aliphatic rings. The number of carbonyl (C=O) groups is 1. The first-order chi connectivity index (χ1) is 16.6. The van der Waals surface area contributed by atoms with E-state index in [2.05, 4.69) is 10.3 Å². The van der Waals surface area contributed by atoms with Gasteiger partial charge in [-0.15, -0.1) is 0 Å². The van der Waals surface area contributed by atoms with Gasteiger partial charge in [0.15, 0.2) is 0 Å². The van der Waals surface area contributed by atoms with Crippen LogP contribution in [-0.2, 0) is 11.8 Å². The first-order valence-corrected chi connectivity index (χ1v) is 11.9. The molecular formula is C28H34FN3O3. The van der Waals surface area contributed by atoms with Gasteiger partial charge in [0, 0.05) is 30.3 Å². The SMILES string of the molecule is C/C=C\C(O)C(/C=C(C)\C(=C/C)c1cc2cnc(NC(=O)[C@H]3CC3F)cc2n(C)c1=O)=C(/C)CC. The molecule has 6 nitrogen and oxygen atoms in total. The molecule has 0 aromatic carbocycles. The van der Waals surface area contributed by atoms with E-state index in [0.717, 1.165) is 34.1 Å². The van der Waals surface area contributed by atoms with Crippen LogP contribution in [0.15, 0.2) is 64.1 Å². The van der Waals surface area contributed by atoms with Crippen molar-refractivity contribution in [2.75, 3.05) is 5.32 Å². The summed E-state index contributed by atoms with van der Waals surface area (Å²) in [5.41, 5.74) is 4.44. The highest BCUT2D eigenvalue weighted by atomic mass is 19.1. The van der Waals surface area contributed by atoms with Crippen molar-refractivity contribution >= 4 is 28.2 Å². The van der Waals surface area contributed by atoms with Crippen LogP contribution < -0.4 is 10.9 Å². The Morgan fingerprint density at radius 3 is 2.60 bits per heavy atom. The summed E-state index contributed by atoms with van der Waals surface area (Å²) in [4.78, 5) is 29.7. The normalized spacial score (nSPS) is 20.2. The molecule has 35 heavy (non-hydrogen) atoms. The fourth-order valence-electron chi connectivity index (χ4n) is 4.14.